The summed E-state index contributed by atoms with van der Waals surface area (Å²) in [5, 5.41) is 22.2. The lowest BCUT2D eigenvalue weighted by Gasteiger charge is -2.07. The molecule has 31 heavy (non-hydrogen) atoms. The maximum atomic E-state index is 12.3. The number of furan rings is 1. The number of carboxylic acids is 1. The zero-order valence-electron chi connectivity index (χ0n) is 16.3. The molecule has 0 fully saturated rings. The van der Waals surface area contributed by atoms with E-state index < -0.39 is 5.97 Å². The summed E-state index contributed by atoms with van der Waals surface area (Å²) in [6, 6.07) is 13.3. The molecule has 4 aromatic rings. The second kappa shape index (κ2) is 8.83. The van der Waals surface area contributed by atoms with Crippen molar-refractivity contribution >= 4 is 51.9 Å². The quantitative estimate of drug-likeness (QED) is 0.384. The predicted octanol–water partition coefficient (Wildman–Crippen LogP) is 4.79. The molecule has 0 aliphatic carbocycles. The molecular formula is C21H17ClN4O4S. The van der Waals surface area contributed by atoms with Gasteiger partial charge in [0.25, 0.3) is 0 Å². The van der Waals surface area contributed by atoms with E-state index in [4.69, 9.17) is 21.1 Å². The van der Waals surface area contributed by atoms with Crippen LogP contribution in [0.2, 0.25) is 5.02 Å². The Morgan fingerprint density at radius 3 is 2.81 bits per heavy atom. The number of aromatic nitrogens is 3. The highest BCUT2D eigenvalue weighted by Gasteiger charge is 2.18. The maximum absolute atomic E-state index is 12.3. The number of halogens is 1. The second-order valence-corrected chi connectivity index (χ2v) is 7.94. The number of hydrogen-bond donors (Lipinski definition) is 2. The number of rotatable bonds is 7. The van der Waals surface area contributed by atoms with Crippen LogP contribution < -0.4 is 5.32 Å². The molecule has 0 atom stereocenters. The van der Waals surface area contributed by atoms with Crippen molar-refractivity contribution in [3.8, 4) is 11.6 Å². The van der Waals surface area contributed by atoms with Gasteiger partial charge in [0.2, 0.25) is 11.7 Å². The minimum atomic E-state index is -1.05. The minimum Gasteiger partial charge on any atom is -0.478 e. The number of amides is 1. The molecule has 0 aliphatic rings. The van der Waals surface area contributed by atoms with Crippen LogP contribution in [0.25, 0.3) is 22.6 Å². The van der Waals surface area contributed by atoms with E-state index in [9.17, 15) is 9.59 Å². The number of benzene rings is 2. The van der Waals surface area contributed by atoms with E-state index in [2.05, 4.69) is 15.5 Å². The normalized spacial score (nSPS) is 11.0. The van der Waals surface area contributed by atoms with Gasteiger partial charge in [-0.3, -0.25) is 9.36 Å². The first-order valence-electron chi connectivity index (χ1n) is 9.33. The van der Waals surface area contributed by atoms with Crippen LogP contribution in [0, 0.1) is 0 Å². The lowest BCUT2D eigenvalue weighted by atomic mass is 10.2. The Morgan fingerprint density at radius 1 is 1.19 bits per heavy atom. The van der Waals surface area contributed by atoms with Gasteiger partial charge in [-0.1, -0.05) is 29.4 Å². The molecule has 2 heterocycles. The Morgan fingerprint density at radius 2 is 2.03 bits per heavy atom. The number of fused-ring (bicyclic) bond motifs is 1. The van der Waals surface area contributed by atoms with E-state index in [1.165, 1.54) is 23.9 Å². The first-order valence-corrected chi connectivity index (χ1v) is 10.7. The van der Waals surface area contributed by atoms with Crippen LogP contribution in [0.1, 0.15) is 17.3 Å². The summed E-state index contributed by atoms with van der Waals surface area (Å²) < 4.78 is 7.74. The molecule has 2 aromatic carbocycles. The molecule has 0 unspecified atom stereocenters. The molecule has 0 aliphatic heterocycles. The van der Waals surface area contributed by atoms with Crippen LogP contribution in [-0.2, 0) is 11.3 Å². The molecule has 8 nitrogen and oxygen atoms in total. The second-order valence-electron chi connectivity index (χ2n) is 6.57. The summed E-state index contributed by atoms with van der Waals surface area (Å²) in [5.41, 5.74) is 1.22. The largest absolute Gasteiger partial charge is 0.478 e. The fraction of sp³-hybridized carbons (Fsp3) is 0.143. The van der Waals surface area contributed by atoms with Gasteiger partial charge in [0.05, 0.1) is 11.3 Å². The third-order valence-corrected chi connectivity index (χ3v) is 5.66. The van der Waals surface area contributed by atoms with Gasteiger partial charge in [0.1, 0.15) is 5.58 Å². The lowest BCUT2D eigenvalue weighted by molar-refractivity contribution is -0.113. The van der Waals surface area contributed by atoms with Crippen molar-refractivity contribution in [1.82, 2.24) is 14.8 Å². The van der Waals surface area contributed by atoms with E-state index in [0.29, 0.717) is 39.6 Å². The molecule has 0 saturated carbocycles. The fourth-order valence-corrected chi connectivity index (χ4v) is 4.03. The Hall–Kier alpha value is -3.30. The molecule has 10 heteroatoms. The predicted molar refractivity (Wildman–Crippen MR) is 119 cm³/mol. The monoisotopic (exact) mass is 456 g/mol. The number of carbonyl (C=O) groups excluding carboxylic acids is 1. The summed E-state index contributed by atoms with van der Waals surface area (Å²) >= 11 is 7.28. The number of hydrogen-bond acceptors (Lipinski definition) is 6. The van der Waals surface area contributed by atoms with Gasteiger partial charge in [0.15, 0.2) is 10.9 Å². The van der Waals surface area contributed by atoms with Gasteiger partial charge in [-0.15, -0.1) is 10.2 Å². The van der Waals surface area contributed by atoms with Crippen molar-refractivity contribution in [3.63, 3.8) is 0 Å². The Balaban J connectivity index is 1.48. The number of thioether (sulfide) groups is 1. The van der Waals surface area contributed by atoms with E-state index in [-0.39, 0.29) is 17.2 Å². The molecule has 0 saturated heterocycles. The highest BCUT2D eigenvalue weighted by atomic mass is 35.5. The van der Waals surface area contributed by atoms with E-state index in [1.54, 1.807) is 24.3 Å². The smallest absolute Gasteiger partial charge is 0.335 e. The third-order valence-electron chi connectivity index (χ3n) is 4.46. The van der Waals surface area contributed by atoms with Crippen LogP contribution in [0.4, 0.5) is 5.69 Å². The standard InChI is InChI=1S/C21H17ClN4O4S/c1-2-26-19(17-10-13-8-14(22)6-7-16(13)30-17)24-25-21(26)31-11-18(27)23-15-5-3-4-12(9-15)20(28)29/h3-10H,2,11H2,1H3,(H,23,27)(H,28,29). The molecule has 158 valence electrons. The number of aromatic carboxylic acids is 1. The van der Waals surface area contributed by atoms with Crippen LogP contribution >= 0.6 is 23.4 Å². The molecule has 0 bridgehead atoms. The zero-order chi connectivity index (χ0) is 22.0. The average molecular weight is 457 g/mol. The molecule has 0 radical (unpaired) electrons. The molecule has 0 spiro atoms. The molecule has 1 amide bonds. The van der Waals surface area contributed by atoms with Crippen molar-refractivity contribution in [2.24, 2.45) is 0 Å². The highest BCUT2D eigenvalue weighted by molar-refractivity contribution is 7.99. The molecular weight excluding hydrogens is 440 g/mol. The van der Waals surface area contributed by atoms with Gasteiger partial charge in [0, 0.05) is 22.6 Å². The minimum absolute atomic E-state index is 0.0885. The fourth-order valence-electron chi connectivity index (χ4n) is 3.04. The molecule has 2 aromatic heterocycles. The van der Waals surface area contributed by atoms with Crippen molar-refractivity contribution in [2.75, 3.05) is 11.1 Å². The van der Waals surface area contributed by atoms with Gasteiger partial charge in [-0.05, 0) is 49.4 Å². The number of nitrogens with one attached hydrogen (secondary N) is 1. The van der Waals surface area contributed by atoms with Gasteiger partial charge >= 0.3 is 5.97 Å². The Bertz CT molecular complexity index is 1280. The molecule has 2 N–H and O–H groups in total. The van der Waals surface area contributed by atoms with Crippen molar-refractivity contribution < 1.29 is 19.1 Å². The van der Waals surface area contributed by atoms with Crippen molar-refractivity contribution in [2.45, 2.75) is 18.6 Å². The van der Waals surface area contributed by atoms with Crippen LogP contribution in [-0.4, -0.2) is 37.5 Å². The zero-order valence-corrected chi connectivity index (χ0v) is 17.9. The first-order chi connectivity index (χ1) is 14.9. The van der Waals surface area contributed by atoms with E-state index in [1.807, 2.05) is 23.6 Å². The maximum Gasteiger partial charge on any atom is 0.335 e. The number of carboxylic acid groups (broad SMARTS) is 1. The van der Waals surface area contributed by atoms with E-state index >= 15 is 0 Å². The number of carbonyl (C=O) groups is 2. The van der Waals surface area contributed by atoms with Crippen LogP contribution in [0.15, 0.2) is 58.1 Å². The Labute approximate surface area is 186 Å². The summed E-state index contributed by atoms with van der Waals surface area (Å²) in [6.07, 6.45) is 0. The summed E-state index contributed by atoms with van der Waals surface area (Å²) in [5.74, 6) is -0.120. The highest BCUT2D eigenvalue weighted by Crippen LogP contribution is 2.30. The van der Waals surface area contributed by atoms with Gasteiger partial charge in [-0.25, -0.2) is 4.79 Å². The van der Waals surface area contributed by atoms with Crippen LogP contribution in [0.3, 0.4) is 0 Å². The van der Waals surface area contributed by atoms with Gasteiger partial charge in [-0.2, -0.15) is 0 Å². The molecule has 4 rings (SSSR count). The van der Waals surface area contributed by atoms with Gasteiger partial charge < -0.3 is 14.8 Å². The van der Waals surface area contributed by atoms with Crippen LogP contribution in [0.5, 0.6) is 0 Å². The summed E-state index contributed by atoms with van der Waals surface area (Å²) in [6.45, 7) is 2.54. The van der Waals surface area contributed by atoms with E-state index in [0.717, 1.165) is 5.39 Å². The Kier molecular flexibility index (Phi) is 5.97. The third kappa shape index (κ3) is 4.57. The average Bonchev–Trinajstić information content (AvgIpc) is 3.35. The summed E-state index contributed by atoms with van der Waals surface area (Å²) in [4.78, 5) is 23.4. The van der Waals surface area contributed by atoms with Crippen molar-refractivity contribution in [1.29, 1.82) is 0 Å². The SMILES string of the molecule is CCn1c(SCC(=O)Nc2cccc(C(=O)O)c2)nnc1-c1cc2cc(Cl)ccc2o1. The number of nitrogens with zero attached hydrogens (tertiary/aromatic N) is 3. The first kappa shape index (κ1) is 21.0. The summed E-state index contributed by atoms with van der Waals surface area (Å²) in [7, 11) is 0. The number of anilines is 1. The van der Waals surface area contributed by atoms with Crippen molar-refractivity contribution in [3.05, 3.63) is 59.1 Å². The lowest BCUT2D eigenvalue weighted by Crippen LogP contribution is -2.15. The topological polar surface area (TPSA) is 110 Å².